The fourth-order valence-electron chi connectivity index (χ4n) is 2.98. The van der Waals surface area contributed by atoms with Crippen LogP contribution in [0.4, 0.5) is 18.9 Å². The van der Waals surface area contributed by atoms with Crippen molar-refractivity contribution in [3.63, 3.8) is 0 Å². The molecule has 1 amide bonds. The Labute approximate surface area is 175 Å². The maximum absolute atomic E-state index is 12.9. The second-order valence-corrected chi connectivity index (χ2v) is 6.57. The van der Waals surface area contributed by atoms with Crippen molar-refractivity contribution in [3.05, 3.63) is 87.8 Å². The number of benzene rings is 2. The molecule has 0 fully saturated rings. The van der Waals surface area contributed by atoms with Gasteiger partial charge in [0.15, 0.2) is 0 Å². The predicted molar refractivity (Wildman–Crippen MR) is 109 cm³/mol. The highest BCUT2D eigenvalue weighted by Crippen LogP contribution is 2.30. The molecule has 31 heavy (non-hydrogen) atoms. The van der Waals surface area contributed by atoms with Gasteiger partial charge in [-0.25, -0.2) is 0 Å². The van der Waals surface area contributed by atoms with Crippen molar-refractivity contribution < 1.29 is 27.4 Å². The van der Waals surface area contributed by atoms with Crippen LogP contribution < -0.4 is 20.3 Å². The minimum Gasteiger partial charge on any atom is -0.497 e. The second kappa shape index (κ2) is 8.95. The SMILES string of the molecule is COc1ccc(OC)c(NC(=O)c2cccn(Cc3cccc(C(F)(F)F)c3)c2=O)c1. The first kappa shape index (κ1) is 21.9. The summed E-state index contributed by atoms with van der Waals surface area (Å²) >= 11 is 0. The van der Waals surface area contributed by atoms with Gasteiger partial charge in [-0.05, 0) is 42.0 Å². The molecule has 0 bridgehead atoms. The highest BCUT2D eigenvalue weighted by molar-refractivity contribution is 6.04. The van der Waals surface area contributed by atoms with Crippen molar-refractivity contribution in [2.24, 2.45) is 0 Å². The Balaban J connectivity index is 1.88. The normalized spacial score (nSPS) is 11.1. The number of aromatic nitrogens is 1. The number of nitrogens with one attached hydrogen (secondary N) is 1. The summed E-state index contributed by atoms with van der Waals surface area (Å²) in [6.45, 7) is -0.119. The van der Waals surface area contributed by atoms with E-state index in [0.29, 0.717) is 17.2 Å². The average Bonchev–Trinajstić information content (AvgIpc) is 2.74. The van der Waals surface area contributed by atoms with E-state index in [1.54, 1.807) is 18.2 Å². The second-order valence-electron chi connectivity index (χ2n) is 6.57. The van der Waals surface area contributed by atoms with Crippen LogP contribution in [0.15, 0.2) is 65.6 Å². The number of alkyl halides is 3. The fraction of sp³-hybridized carbons (Fsp3) is 0.182. The number of carbonyl (C=O) groups excluding carboxylic acids is 1. The molecule has 0 spiro atoms. The van der Waals surface area contributed by atoms with Crippen LogP contribution in [-0.4, -0.2) is 24.7 Å². The number of amides is 1. The zero-order valence-electron chi connectivity index (χ0n) is 16.7. The Hall–Kier alpha value is -3.75. The molecule has 6 nitrogen and oxygen atoms in total. The summed E-state index contributed by atoms with van der Waals surface area (Å²) in [5, 5.41) is 2.61. The molecule has 1 aromatic heterocycles. The van der Waals surface area contributed by atoms with Crippen molar-refractivity contribution in [3.8, 4) is 11.5 Å². The van der Waals surface area contributed by atoms with E-state index in [2.05, 4.69) is 5.32 Å². The monoisotopic (exact) mass is 432 g/mol. The summed E-state index contributed by atoms with van der Waals surface area (Å²) in [5.41, 5.74) is -1.03. The third-order valence-electron chi connectivity index (χ3n) is 4.53. The lowest BCUT2D eigenvalue weighted by Gasteiger charge is -2.13. The Kier molecular flexibility index (Phi) is 6.33. The van der Waals surface area contributed by atoms with E-state index < -0.39 is 23.2 Å². The summed E-state index contributed by atoms with van der Waals surface area (Å²) in [6.07, 6.45) is -3.08. The third-order valence-corrected chi connectivity index (χ3v) is 4.53. The van der Waals surface area contributed by atoms with E-state index >= 15 is 0 Å². The number of nitrogens with zero attached hydrogens (tertiary/aromatic N) is 1. The number of hydrogen-bond acceptors (Lipinski definition) is 4. The molecule has 162 valence electrons. The number of halogens is 3. The van der Waals surface area contributed by atoms with E-state index in [1.807, 2.05) is 0 Å². The molecule has 2 aromatic carbocycles. The van der Waals surface area contributed by atoms with Crippen molar-refractivity contribution in [2.45, 2.75) is 12.7 Å². The topological polar surface area (TPSA) is 69.6 Å². The Morgan fingerprint density at radius 1 is 1.03 bits per heavy atom. The molecule has 0 aliphatic carbocycles. The summed E-state index contributed by atoms with van der Waals surface area (Å²) < 4.78 is 50.3. The molecular formula is C22H19F3N2O4. The molecular weight excluding hydrogens is 413 g/mol. The molecule has 1 N–H and O–H groups in total. The zero-order chi connectivity index (χ0) is 22.6. The first-order valence-corrected chi connectivity index (χ1v) is 9.12. The largest absolute Gasteiger partial charge is 0.497 e. The fourth-order valence-corrected chi connectivity index (χ4v) is 2.98. The number of pyridine rings is 1. The van der Waals surface area contributed by atoms with Gasteiger partial charge in [-0.2, -0.15) is 13.2 Å². The molecule has 0 aliphatic rings. The van der Waals surface area contributed by atoms with Gasteiger partial charge in [-0.1, -0.05) is 12.1 Å². The number of anilines is 1. The van der Waals surface area contributed by atoms with Gasteiger partial charge < -0.3 is 19.4 Å². The van der Waals surface area contributed by atoms with Crippen LogP contribution in [-0.2, 0) is 12.7 Å². The lowest BCUT2D eigenvalue weighted by molar-refractivity contribution is -0.137. The summed E-state index contributed by atoms with van der Waals surface area (Å²) in [4.78, 5) is 25.5. The van der Waals surface area contributed by atoms with Gasteiger partial charge in [-0.15, -0.1) is 0 Å². The molecule has 0 aliphatic heterocycles. The van der Waals surface area contributed by atoms with Gasteiger partial charge in [0.1, 0.15) is 17.1 Å². The minimum absolute atomic E-state index is 0.119. The van der Waals surface area contributed by atoms with Crippen LogP contribution in [0.2, 0.25) is 0 Å². The summed E-state index contributed by atoms with van der Waals surface area (Å²) in [6, 6.07) is 12.3. The number of methoxy groups -OCH3 is 2. The molecule has 0 saturated carbocycles. The van der Waals surface area contributed by atoms with E-state index in [9.17, 15) is 22.8 Å². The average molecular weight is 432 g/mol. The van der Waals surface area contributed by atoms with Gasteiger partial charge in [-0.3, -0.25) is 9.59 Å². The molecule has 0 saturated heterocycles. The highest BCUT2D eigenvalue weighted by atomic mass is 19.4. The molecule has 9 heteroatoms. The maximum atomic E-state index is 12.9. The van der Waals surface area contributed by atoms with E-state index in [-0.39, 0.29) is 17.7 Å². The van der Waals surface area contributed by atoms with Crippen molar-refractivity contribution >= 4 is 11.6 Å². The first-order chi connectivity index (χ1) is 14.7. The van der Waals surface area contributed by atoms with Crippen LogP contribution >= 0.6 is 0 Å². The molecule has 0 atom stereocenters. The molecule has 3 rings (SSSR count). The summed E-state index contributed by atoms with van der Waals surface area (Å²) in [7, 11) is 2.90. The van der Waals surface area contributed by atoms with Crippen LogP contribution in [0, 0.1) is 0 Å². The Morgan fingerprint density at radius 2 is 1.81 bits per heavy atom. The molecule has 3 aromatic rings. The van der Waals surface area contributed by atoms with Crippen LogP contribution in [0.1, 0.15) is 21.5 Å². The number of carbonyl (C=O) groups is 1. The van der Waals surface area contributed by atoms with Gasteiger partial charge in [0, 0.05) is 12.3 Å². The van der Waals surface area contributed by atoms with Crippen molar-refractivity contribution in [2.75, 3.05) is 19.5 Å². The van der Waals surface area contributed by atoms with Crippen molar-refractivity contribution in [1.82, 2.24) is 4.57 Å². The zero-order valence-corrected chi connectivity index (χ0v) is 16.7. The van der Waals surface area contributed by atoms with E-state index in [0.717, 1.165) is 12.1 Å². The van der Waals surface area contributed by atoms with Gasteiger partial charge in [0.25, 0.3) is 11.5 Å². The number of rotatable bonds is 6. The van der Waals surface area contributed by atoms with E-state index in [4.69, 9.17) is 9.47 Å². The molecule has 1 heterocycles. The van der Waals surface area contributed by atoms with Gasteiger partial charge in [0.05, 0.1) is 32.0 Å². The summed E-state index contributed by atoms with van der Waals surface area (Å²) in [5.74, 6) is 0.162. The highest BCUT2D eigenvalue weighted by Gasteiger charge is 2.30. The van der Waals surface area contributed by atoms with Crippen LogP contribution in [0.25, 0.3) is 0 Å². The lowest BCUT2D eigenvalue weighted by Crippen LogP contribution is -2.29. The Bertz CT molecular complexity index is 1160. The molecule has 0 radical (unpaired) electrons. The third kappa shape index (κ3) is 5.06. The first-order valence-electron chi connectivity index (χ1n) is 9.12. The smallest absolute Gasteiger partial charge is 0.416 e. The number of hydrogen-bond donors (Lipinski definition) is 1. The van der Waals surface area contributed by atoms with Gasteiger partial charge in [0.2, 0.25) is 0 Å². The van der Waals surface area contributed by atoms with Crippen LogP contribution in [0.5, 0.6) is 11.5 Å². The quantitative estimate of drug-likeness (QED) is 0.634. The van der Waals surface area contributed by atoms with Crippen molar-refractivity contribution in [1.29, 1.82) is 0 Å². The maximum Gasteiger partial charge on any atom is 0.416 e. The van der Waals surface area contributed by atoms with Crippen LogP contribution in [0.3, 0.4) is 0 Å². The lowest BCUT2D eigenvalue weighted by atomic mass is 10.1. The molecule has 0 unspecified atom stereocenters. The van der Waals surface area contributed by atoms with Gasteiger partial charge >= 0.3 is 6.18 Å². The number of ether oxygens (including phenoxy) is 2. The van der Waals surface area contributed by atoms with E-state index in [1.165, 1.54) is 49.2 Å². The minimum atomic E-state index is -4.49. The Morgan fingerprint density at radius 3 is 2.48 bits per heavy atom. The predicted octanol–water partition coefficient (Wildman–Crippen LogP) is 4.18. The standard InChI is InChI=1S/C22H19F3N2O4/c1-30-16-8-9-19(31-2)18(12-16)26-20(28)17-7-4-10-27(21(17)29)13-14-5-3-6-15(11-14)22(23,24)25/h3-12H,13H2,1-2H3,(H,26,28).